The van der Waals surface area contributed by atoms with Gasteiger partial charge in [0.15, 0.2) is 0 Å². The van der Waals surface area contributed by atoms with Crippen LogP contribution in [0.25, 0.3) is 0 Å². The zero-order chi connectivity index (χ0) is 24.4. The van der Waals surface area contributed by atoms with Crippen LogP contribution in [0.1, 0.15) is 40.3 Å². The number of carbonyl (C=O) groups is 1. The minimum Gasteiger partial charge on any atom is -0.299 e. The lowest BCUT2D eigenvalue weighted by atomic mass is 9.86. The summed E-state index contributed by atoms with van der Waals surface area (Å²) < 4.78 is 107. The standard InChI is InChI=1S/C23H15F8NO/c24-19-4-1-5-20(25)17(19)12-15(33)11-16(13-6-8-14(9-7-13)22(26,27)28)21-18(23(29,30)31)3-2-10-32-21/h1-10,16H,11-12H2/t16-/m0/s1. The highest BCUT2D eigenvalue weighted by molar-refractivity contribution is 5.82. The summed E-state index contributed by atoms with van der Waals surface area (Å²) in [5.74, 6) is -4.21. The lowest BCUT2D eigenvalue weighted by Gasteiger charge is -2.21. The fourth-order valence-corrected chi connectivity index (χ4v) is 3.41. The van der Waals surface area contributed by atoms with E-state index in [4.69, 9.17) is 0 Å². The van der Waals surface area contributed by atoms with Crippen LogP contribution in [0.3, 0.4) is 0 Å². The molecule has 1 aromatic heterocycles. The average Bonchev–Trinajstić information content (AvgIpc) is 2.74. The number of hydrogen-bond donors (Lipinski definition) is 0. The number of aromatic nitrogens is 1. The van der Waals surface area contributed by atoms with Gasteiger partial charge in [-0.25, -0.2) is 8.78 Å². The van der Waals surface area contributed by atoms with E-state index in [0.717, 1.165) is 48.7 Å². The first kappa shape index (κ1) is 24.3. The molecule has 2 aromatic carbocycles. The highest BCUT2D eigenvalue weighted by atomic mass is 19.4. The number of nitrogens with zero attached hydrogens (tertiary/aromatic N) is 1. The molecule has 0 radical (unpaired) electrons. The third kappa shape index (κ3) is 5.74. The van der Waals surface area contributed by atoms with E-state index in [2.05, 4.69) is 4.98 Å². The smallest absolute Gasteiger partial charge is 0.299 e. The third-order valence-corrected chi connectivity index (χ3v) is 4.98. The first-order valence-electron chi connectivity index (χ1n) is 9.51. The van der Waals surface area contributed by atoms with E-state index in [0.29, 0.717) is 12.1 Å². The Morgan fingerprint density at radius 1 is 0.818 bits per heavy atom. The second-order valence-electron chi connectivity index (χ2n) is 7.23. The normalized spacial score (nSPS) is 13.1. The number of rotatable bonds is 6. The van der Waals surface area contributed by atoms with Crippen molar-refractivity contribution in [1.29, 1.82) is 0 Å². The van der Waals surface area contributed by atoms with Crippen molar-refractivity contribution in [1.82, 2.24) is 4.98 Å². The summed E-state index contributed by atoms with van der Waals surface area (Å²) in [6.45, 7) is 0. The van der Waals surface area contributed by atoms with Crippen LogP contribution in [-0.4, -0.2) is 10.8 Å². The zero-order valence-electron chi connectivity index (χ0n) is 16.6. The van der Waals surface area contributed by atoms with Gasteiger partial charge in [0.2, 0.25) is 0 Å². The first-order chi connectivity index (χ1) is 15.4. The summed E-state index contributed by atoms with van der Waals surface area (Å²) in [6.07, 6.45) is -9.88. The molecule has 1 heterocycles. The van der Waals surface area contributed by atoms with Gasteiger partial charge in [0.05, 0.1) is 16.8 Å². The number of pyridine rings is 1. The van der Waals surface area contributed by atoms with Crippen molar-refractivity contribution in [3.63, 3.8) is 0 Å². The van der Waals surface area contributed by atoms with E-state index in [-0.39, 0.29) is 5.56 Å². The van der Waals surface area contributed by atoms with Gasteiger partial charge in [-0.1, -0.05) is 18.2 Å². The predicted molar refractivity (Wildman–Crippen MR) is 102 cm³/mol. The van der Waals surface area contributed by atoms with E-state index in [1.807, 2.05) is 0 Å². The van der Waals surface area contributed by atoms with Crippen LogP contribution in [0, 0.1) is 11.6 Å². The summed E-state index contributed by atoms with van der Waals surface area (Å²) in [7, 11) is 0. The number of ketones is 1. The molecule has 0 bridgehead atoms. The van der Waals surface area contributed by atoms with Crippen LogP contribution in [0.5, 0.6) is 0 Å². The highest BCUT2D eigenvalue weighted by Crippen LogP contribution is 2.39. The van der Waals surface area contributed by atoms with Crippen LogP contribution in [0.4, 0.5) is 35.1 Å². The first-order valence-corrected chi connectivity index (χ1v) is 9.51. The maximum absolute atomic E-state index is 13.9. The van der Waals surface area contributed by atoms with Gasteiger partial charge in [0, 0.05) is 30.5 Å². The van der Waals surface area contributed by atoms with Gasteiger partial charge in [0.1, 0.15) is 17.4 Å². The maximum atomic E-state index is 13.9. The van der Waals surface area contributed by atoms with Crippen LogP contribution in [0.2, 0.25) is 0 Å². The number of carbonyl (C=O) groups excluding carboxylic acids is 1. The van der Waals surface area contributed by atoms with Crippen molar-refractivity contribution < 1.29 is 39.9 Å². The Kier molecular flexibility index (Phi) is 6.85. The quantitative estimate of drug-likeness (QED) is 0.372. The van der Waals surface area contributed by atoms with E-state index < -0.39 is 70.9 Å². The predicted octanol–water partition coefficient (Wildman–Crippen LogP) is 6.73. The minimum atomic E-state index is -4.85. The fraction of sp³-hybridized carbons (Fsp3) is 0.217. The van der Waals surface area contributed by atoms with E-state index in [9.17, 15) is 39.9 Å². The summed E-state index contributed by atoms with van der Waals surface area (Å²) in [4.78, 5) is 16.4. The molecule has 3 rings (SSSR count). The van der Waals surface area contributed by atoms with Gasteiger partial charge in [-0.3, -0.25) is 9.78 Å². The Bertz CT molecular complexity index is 1120. The Morgan fingerprint density at radius 2 is 1.42 bits per heavy atom. The average molecular weight is 473 g/mol. The fourth-order valence-electron chi connectivity index (χ4n) is 3.41. The molecule has 0 aliphatic carbocycles. The molecule has 0 saturated carbocycles. The largest absolute Gasteiger partial charge is 0.418 e. The maximum Gasteiger partial charge on any atom is 0.418 e. The number of halogens is 8. The van der Waals surface area contributed by atoms with Gasteiger partial charge in [-0.05, 0) is 42.0 Å². The molecule has 2 nitrogen and oxygen atoms in total. The number of hydrogen-bond acceptors (Lipinski definition) is 2. The Hall–Kier alpha value is -3.30. The molecule has 0 aliphatic rings. The summed E-state index contributed by atoms with van der Waals surface area (Å²) in [5, 5.41) is 0. The molecule has 0 fully saturated rings. The third-order valence-electron chi connectivity index (χ3n) is 4.98. The molecule has 33 heavy (non-hydrogen) atoms. The number of Topliss-reactive ketones (excluding diaryl/α,β-unsaturated/α-hetero) is 1. The molecular weight excluding hydrogens is 458 g/mol. The highest BCUT2D eigenvalue weighted by Gasteiger charge is 2.37. The van der Waals surface area contributed by atoms with Gasteiger partial charge < -0.3 is 0 Å². The number of benzene rings is 2. The van der Waals surface area contributed by atoms with Gasteiger partial charge in [-0.15, -0.1) is 0 Å². The van der Waals surface area contributed by atoms with E-state index in [1.165, 1.54) is 0 Å². The molecule has 0 saturated heterocycles. The van der Waals surface area contributed by atoms with Crippen molar-refractivity contribution in [3.8, 4) is 0 Å². The van der Waals surface area contributed by atoms with Crippen molar-refractivity contribution in [2.45, 2.75) is 31.1 Å². The minimum absolute atomic E-state index is 0.0328. The summed E-state index contributed by atoms with van der Waals surface area (Å²) in [5.41, 5.74) is -3.35. The monoisotopic (exact) mass is 473 g/mol. The molecule has 0 unspecified atom stereocenters. The molecule has 174 valence electrons. The topological polar surface area (TPSA) is 30.0 Å². The zero-order valence-corrected chi connectivity index (χ0v) is 16.6. The molecular formula is C23H15F8NO. The molecule has 3 aromatic rings. The van der Waals surface area contributed by atoms with Crippen molar-refractivity contribution >= 4 is 5.78 Å². The molecule has 1 atom stereocenters. The van der Waals surface area contributed by atoms with Gasteiger partial charge in [0.25, 0.3) is 0 Å². The SMILES string of the molecule is O=C(Cc1c(F)cccc1F)C[C@@H](c1ccc(C(F)(F)F)cc1)c1ncccc1C(F)(F)F. The Morgan fingerprint density at radius 3 is 1.97 bits per heavy atom. The summed E-state index contributed by atoms with van der Waals surface area (Å²) >= 11 is 0. The van der Waals surface area contributed by atoms with Crippen molar-refractivity contribution in [2.75, 3.05) is 0 Å². The van der Waals surface area contributed by atoms with Gasteiger partial charge in [-0.2, -0.15) is 26.3 Å². The molecule has 0 aliphatic heterocycles. The second kappa shape index (κ2) is 9.29. The van der Waals surface area contributed by atoms with E-state index >= 15 is 0 Å². The molecule has 0 spiro atoms. The lowest BCUT2D eigenvalue weighted by molar-refractivity contribution is -0.139. The van der Waals surface area contributed by atoms with Gasteiger partial charge >= 0.3 is 12.4 Å². The Balaban J connectivity index is 2.02. The molecule has 0 N–H and O–H groups in total. The van der Waals surface area contributed by atoms with Crippen molar-refractivity contribution in [3.05, 3.63) is 100 Å². The lowest BCUT2D eigenvalue weighted by Crippen LogP contribution is -2.18. The number of alkyl halides is 6. The van der Waals surface area contributed by atoms with Crippen LogP contribution in [0.15, 0.2) is 60.8 Å². The molecule has 0 amide bonds. The second-order valence-corrected chi connectivity index (χ2v) is 7.23. The van der Waals surface area contributed by atoms with E-state index in [1.54, 1.807) is 0 Å². The van der Waals surface area contributed by atoms with Crippen molar-refractivity contribution in [2.24, 2.45) is 0 Å². The summed E-state index contributed by atoms with van der Waals surface area (Å²) in [6, 6.07) is 8.00. The van der Waals surface area contributed by atoms with Crippen LogP contribution in [-0.2, 0) is 23.6 Å². The van der Waals surface area contributed by atoms with Crippen LogP contribution < -0.4 is 0 Å². The van der Waals surface area contributed by atoms with Crippen LogP contribution >= 0.6 is 0 Å². The Labute approximate surface area is 182 Å². The molecule has 10 heteroatoms.